The maximum absolute atomic E-state index is 12.8. The second-order valence-electron chi connectivity index (χ2n) is 4.82. The Morgan fingerprint density at radius 1 is 1.16 bits per heavy atom. The van der Waals surface area contributed by atoms with E-state index in [2.05, 4.69) is 4.90 Å². The number of hydrogen-bond donors (Lipinski definition) is 1. The summed E-state index contributed by atoms with van der Waals surface area (Å²) >= 11 is 0. The van der Waals surface area contributed by atoms with Crippen molar-refractivity contribution >= 4 is 5.91 Å². The number of piperazine rings is 1. The second-order valence-corrected chi connectivity index (χ2v) is 4.82. The molecule has 1 aromatic rings. The summed E-state index contributed by atoms with van der Waals surface area (Å²) in [5, 5.41) is 0. The molecule has 1 fully saturated rings. The predicted molar refractivity (Wildman–Crippen MR) is 71.9 cm³/mol. The van der Waals surface area contributed by atoms with Gasteiger partial charge in [0, 0.05) is 45.7 Å². The van der Waals surface area contributed by atoms with E-state index in [1.54, 1.807) is 12.1 Å². The Labute approximate surface area is 113 Å². The van der Waals surface area contributed by atoms with E-state index in [4.69, 9.17) is 5.73 Å². The number of nitrogens with two attached hydrogens (primary N) is 1. The second kappa shape index (κ2) is 6.63. The summed E-state index contributed by atoms with van der Waals surface area (Å²) in [6.07, 6.45) is 0.429. The summed E-state index contributed by atoms with van der Waals surface area (Å²) in [6.45, 7) is 4.43. The average Bonchev–Trinajstić information content (AvgIpc) is 2.42. The van der Waals surface area contributed by atoms with Crippen LogP contribution >= 0.6 is 0 Å². The first-order valence-corrected chi connectivity index (χ1v) is 6.63. The number of rotatable bonds is 4. The summed E-state index contributed by atoms with van der Waals surface area (Å²) in [5.74, 6) is -0.0649. The summed E-state index contributed by atoms with van der Waals surface area (Å²) < 4.78 is 12.8. The van der Waals surface area contributed by atoms with Crippen LogP contribution in [0.1, 0.15) is 12.0 Å². The summed E-state index contributed by atoms with van der Waals surface area (Å²) in [5.41, 5.74) is 6.49. The number of amides is 1. The zero-order valence-electron chi connectivity index (χ0n) is 11.0. The van der Waals surface area contributed by atoms with Crippen molar-refractivity contribution in [1.82, 2.24) is 9.80 Å². The van der Waals surface area contributed by atoms with E-state index in [1.165, 1.54) is 12.1 Å². The van der Waals surface area contributed by atoms with Crippen molar-refractivity contribution < 1.29 is 9.18 Å². The van der Waals surface area contributed by atoms with Crippen LogP contribution in [-0.4, -0.2) is 48.4 Å². The predicted octanol–water partition coefficient (Wildman–Crippen LogP) is 0.819. The fourth-order valence-corrected chi connectivity index (χ4v) is 2.28. The quantitative estimate of drug-likeness (QED) is 0.877. The first kappa shape index (κ1) is 14.0. The molecule has 0 saturated carbocycles. The van der Waals surface area contributed by atoms with Crippen LogP contribution in [0.2, 0.25) is 0 Å². The van der Waals surface area contributed by atoms with Crippen molar-refractivity contribution in [2.45, 2.75) is 13.0 Å². The minimum atomic E-state index is -0.207. The Hall–Kier alpha value is -1.46. The first-order valence-electron chi connectivity index (χ1n) is 6.63. The Balaban J connectivity index is 1.80. The summed E-state index contributed by atoms with van der Waals surface area (Å²) in [7, 11) is 0. The van der Waals surface area contributed by atoms with Gasteiger partial charge in [-0.25, -0.2) is 4.39 Å². The molecule has 0 bridgehead atoms. The molecule has 2 N–H and O–H groups in total. The number of halogens is 1. The van der Waals surface area contributed by atoms with Gasteiger partial charge in [-0.1, -0.05) is 12.1 Å². The van der Waals surface area contributed by atoms with E-state index < -0.39 is 0 Å². The fourth-order valence-electron chi connectivity index (χ4n) is 2.28. The lowest BCUT2D eigenvalue weighted by Gasteiger charge is -2.34. The highest BCUT2D eigenvalue weighted by atomic mass is 19.1. The Morgan fingerprint density at radius 2 is 1.79 bits per heavy atom. The summed E-state index contributed by atoms with van der Waals surface area (Å²) in [4.78, 5) is 15.8. The van der Waals surface area contributed by atoms with Gasteiger partial charge >= 0.3 is 0 Å². The number of hydrogen-bond acceptors (Lipinski definition) is 3. The van der Waals surface area contributed by atoms with Gasteiger partial charge < -0.3 is 10.6 Å². The Kier molecular flexibility index (Phi) is 4.87. The lowest BCUT2D eigenvalue weighted by Crippen LogP contribution is -2.48. The number of carbonyl (C=O) groups excluding carboxylic acids is 1. The summed E-state index contributed by atoms with van der Waals surface area (Å²) in [6, 6.07) is 6.58. The van der Waals surface area contributed by atoms with Crippen molar-refractivity contribution in [3.63, 3.8) is 0 Å². The molecule has 19 heavy (non-hydrogen) atoms. The Bertz CT molecular complexity index is 413. The SMILES string of the molecule is NCCC(=O)N1CCN(Cc2ccc(F)cc2)CC1. The van der Waals surface area contributed by atoms with E-state index in [0.29, 0.717) is 13.0 Å². The third-order valence-corrected chi connectivity index (χ3v) is 3.40. The molecule has 1 saturated heterocycles. The maximum atomic E-state index is 12.8. The third kappa shape index (κ3) is 4.01. The fraction of sp³-hybridized carbons (Fsp3) is 0.500. The lowest BCUT2D eigenvalue weighted by atomic mass is 10.2. The van der Waals surface area contributed by atoms with E-state index >= 15 is 0 Å². The van der Waals surface area contributed by atoms with Crippen LogP contribution in [0.3, 0.4) is 0 Å². The van der Waals surface area contributed by atoms with E-state index in [1.807, 2.05) is 4.90 Å². The van der Waals surface area contributed by atoms with Gasteiger partial charge in [0.05, 0.1) is 0 Å². The van der Waals surface area contributed by atoms with Crippen LogP contribution in [0.4, 0.5) is 4.39 Å². The van der Waals surface area contributed by atoms with Crippen molar-refractivity contribution in [2.75, 3.05) is 32.7 Å². The number of benzene rings is 1. The standard InChI is InChI=1S/C14H20FN3O/c15-13-3-1-12(2-4-13)11-17-7-9-18(10-8-17)14(19)5-6-16/h1-4H,5-11,16H2. The van der Waals surface area contributed by atoms with Gasteiger partial charge in [-0.3, -0.25) is 9.69 Å². The molecule has 0 aromatic heterocycles. The van der Waals surface area contributed by atoms with Gasteiger partial charge in [0.25, 0.3) is 0 Å². The largest absolute Gasteiger partial charge is 0.340 e. The minimum Gasteiger partial charge on any atom is -0.340 e. The molecule has 5 heteroatoms. The molecular weight excluding hydrogens is 245 g/mol. The van der Waals surface area contributed by atoms with Crippen LogP contribution < -0.4 is 5.73 Å². The normalized spacial score (nSPS) is 16.6. The number of nitrogens with zero attached hydrogens (tertiary/aromatic N) is 2. The molecule has 1 aromatic carbocycles. The van der Waals surface area contributed by atoms with E-state index in [9.17, 15) is 9.18 Å². The van der Waals surface area contributed by atoms with Crippen LogP contribution in [0.25, 0.3) is 0 Å². The molecule has 1 heterocycles. The smallest absolute Gasteiger partial charge is 0.223 e. The van der Waals surface area contributed by atoms with Crippen LogP contribution in [-0.2, 0) is 11.3 Å². The molecule has 1 aliphatic heterocycles. The van der Waals surface area contributed by atoms with Gasteiger partial charge in [0.15, 0.2) is 0 Å². The molecule has 1 aliphatic rings. The van der Waals surface area contributed by atoms with Gasteiger partial charge in [-0.15, -0.1) is 0 Å². The average molecular weight is 265 g/mol. The molecular formula is C14H20FN3O. The number of carbonyl (C=O) groups is 1. The molecule has 0 unspecified atom stereocenters. The molecule has 0 spiro atoms. The van der Waals surface area contributed by atoms with Crippen molar-refractivity contribution in [3.8, 4) is 0 Å². The maximum Gasteiger partial charge on any atom is 0.223 e. The van der Waals surface area contributed by atoms with Gasteiger partial charge in [0.2, 0.25) is 5.91 Å². The zero-order valence-corrected chi connectivity index (χ0v) is 11.0. The van der Waals surface area contributed by atoms with Crippen molar-refractivity contribution in [3.05, 3.63) is 35.6 Å². The molecule has 2 rings (SSSR count). The van der Waals surface area contributed by atoms with Crippen molar-refractivity contribution in [1.29, 1.82) is 0 Å². The van der Waals surface area contributed by atoms with Crippen molar-refractivity contribution in [2.24, 2.45) is 5.73 Å². The molecule has 0 atom stereocenters. The highest BCUT2D eigenvalue weighted by molar-refractivity contribution is 5.76. The van der Waals surface area contributed by atoms with E-state index in [-0.39, 0.29) is 11.7 Å². The molecule has 0 aliphatic carbocycles. The van der Waals surface area contributed by atoms with E-state index in [0.717, 1.165) is 38.3 Å². The molecule has 1 amide bonds. The molecule has 4 nitrogen and oxygen atoms in total. The van der Waals surface area contributed by atoms with Gasteiger partial charge in [-0.2, -0.15) is 0 Å². The molecule has 0 radical (unpaired) electrons. The molecule has 104 valence electrons. The monoisotopic (exact) mass is 265 g/mol. The highest BCUT2D eigenvalue weighted by Crippen LogP contribution is 2.10. The Morgan fingerprint density at radius 3 is 2.37 bits per heavy atom. The zero-order chi connectivity index (χ0) is 13.7. The van der Waals surface area contributed by atoms with Gasteiger partial charge in [0.1, 0.15) is 5.82 Å². The topological polar surface area (TPSA) is 49.6 Å². The van der Waals surface area contributed by atoms with Crippen LogP contribution in [0.15, 0.2) is 24.3 Å². The minimum absolute atomic E-state index is 0.143. The highest BCUT2D eigenvalue weighted by Gasteiger charge is 2.20. The third-order valence-electron chi connectivity index (χ3n) is 3.40. The lowest BCUT2D eigenvalue weighted by molar-refractivity contribution is -0.132. The van der Waals surface area contributed by atoms with Gasteiger partial charge in [-0.05, 0) is 17.7 Å². The van der Waals surface area contributed by atoms with Crippen LogP contribution in [0.5, 0.6) is 0 Å². The first-order chi connectivity index (χ1) is 9.19. The van der Waals surface area contributed by atoms with Crippen LogP contribution in [0, 0.1) is 5.82 Å².